The maximum absolute atomic E-state index is 9.51. The lowest BCUT2D eigenvalue weighted by atomic mass is 9.98. The first-order chi connectivity index (χ1) is 7.58. The van der Waals surface area contributed by atoms with E-state index in [0.717, 1.165) is 16.7 Å². The number of aromatic hydroxyl groups is 2. The molecule has 2 N–H and O–H groups in total. The Labute approximate surface area is 94.8 Å². The zero-order valence-corrected chi connectivity index (χ0v) is 9.36. The SMILES string of the molecule is Cc1cccc(-c2cc(O)c(O)cc2C)c1. The molecule has 0 spiro atoms. The molecule has 0 saturated carbocycles. The molecule has 0 heterocycles. The van der Waals surface area contributed by atoms with Gasteiger partial charge in [0.1, 0.15) is 0 Å². The summed E-state index contributed by atoms with van der Waals surface area (Å²) in [5.74, 6) is -0.156. The van der Waals surface area contributed by atoms with Gasteiger partial charge in [-0.2, -0.15) is 0 Å². The van der Waals surface area contributed by atoms with Crippen LogP contribution in [0.3, 0.4) is 0 Å². The molecule has 0 atom stereocenters. The van der Waals surface area contributed by atoms with Crippen LogP contribution >= 0.6 is 0 Å². The summed E-state index contributed by atoms with van der Waals surface area (Å²) in [7, 11) is 0. The number of rotatable bonds is 1. The fraction of sp³-hybridized carbons (Fsp3) is 0.143. The van der Waals surface area contributed by atoms with E-state index in [2.05, 4.69) is 6.07 Å². The first kappa shape index (κ1) is 10.6. The Kier molecular flexibility index (Phi) is 2.57. The molecule has 0 fully saturated rings. The summed E-state index contributed by atoms with van der Waals surface area (Å²) in [5, 5.41) is 18.9. The van der Waals surface area contributed by atoms with E-state index in [-0.39, 0.29) is 11.5 Å². The lowest BCUT2D eigenvalue weighted by molar-refractivity contribution is 0.403. The molecular weight excluding hydrogens is 200 g/mol. The summed E-state index contributed by atoms with van der Waals surface area (Å²) < 4.78 is 0. The summed E-state index contributed by atoms with van der Waals surface area (Å²) in [6.07, 6.45) is 0. The zero-order chi connectivity index (χ0) is 11.7. The van der Waals surface area contributed by atoms with Crippen molar-refractivity contribution >= 4 is 0 Å². The highest BCUT2D eigenvalue weighted by Crippen LogP contribution is 2.33. The topological polar surface area (TPSA) is 40.5 Å². The van der Waals surface area contributed by atoms with Gasteiger partial charge in [0, 0.05) is 0 Å². The monoisotopic (exact) mass is 214 g/mol. The molecule has 16 heavy (non-hydrogen) atoms. The summed E-state index contributed by atoms with van der Waals surface area (Å²) in [4.78, 5) is 0. The maximum atomic E-state index is 9.51. The van der Waals surface area contributed by atoms with Crippen LogP contribution in [-0.4, -0.2) is 10.2 Å². The predicted molar refractivity (Wildman–Crippen MR) is 64.7 cm³/mol. The molecule has 0 bridgehead atoms. The van der Waals surface area contributed by atoms with Crippen molar-refractivity contribution in [3.63, 3.8) is 0 Å². The minimum atomic E-state index is -0.0814. The van der Waals surface area contributed by atoms with E-state index >= 15 is 0 Å². The third-order valence-corrected chi connectivity index (χ3v) is 2.65. The lowest BCUT2D eigenvalue weighted by Crippen LogP contribution is -1.84. The van der Waals surface area contributed by atoms with Gasteiger partial charge in [0.2, 0.25) is 0 Å². The van der Waals surface area contributed by atoms with Crippen LogP contribution in [0.5, 0.6) is 11.5 Å². The molecule has 0 aliphatic carbocycles. The van der Waals surface area contributed by atoms with E-state index in [1.807, 2.05) is 32.0 Å². The molecule has 82 valence electrons. The highest BCUT2D eigenvalue weighted by atomic mass is 16.3. The Morgan fingerprint density at radius 2 is 1.56 bits per heavy atom. The van der Waals surface area contributed by atoms with Gasteiger partial charge in [0.25, 0.3) is 0 Å². The van der Waals surface area contributed by atoms with Crippen molar-refractivity contribution in [2.75, 3.05) is 0 Å². The van der Waals surface area contributed by atoms with E-state index in [1.165, 1.54) is 5.56 Å². The van der Waals surface area contributed by atoms with Crippen LogP contribution in [0.4, 0.5) is 0 Å². The molecule has 2 nitrogen and oxygen atoms in total. The van der Waals surface area contributed by atoms with Gasteiger partial charge in [0.15, 0.2) is 11.5 Å². The number of phenolic OH excluding ortho intramolecular Hbond substituents is 2. The van der Waals surface area contributed by atoms with Gasteiger partial charge in [-0.15, -0.1) is 0 Å². The second kappa shape index (κ2) is 3.89. The third kappa shape index (κ3) is 1.87. The normalized spacial score (nSPS) is 10.4. The number of phenols is 2. The van der Waals surface area contributed by atoms with E-state index in [4.69, 9.17) is 0 Å². The predicted octanol–water partition coefficient (Wildman–Crippen LogP) is 3.38. The highest BCUT2D eigenvalue weighted by molar-refractivity contribution is 5.71. The molecule has 0 radical (unpaired) electrons. The molecule has 0 saturated heterocycles. The fourth-order valence-electron chi connectivity index (χ4n) is 1.80. The van der Waals surface area contributed by atoms with E-state index in [9.17, 15) is 10.2 Å². The van der Waals surface area contributed by atoms with Crippen molar-refractivity contribution in [2.45, 2.75) is 13.8 Å². The Hall–Kier alpha value is -1.96. The largest absolute Gasteiger partial charge is 0.504 e. The van der Waals surface area contributed by atoms with Gasteiger partial charge in [-0.25, -0.2) is 0 Å². The molecule has 0 unspecified atom stereocenters. The molecule has 2 heteroatoms. The highest BCUT2D eigenvalue weighted by Gasteiger charge is 2.07. The minimum Gasteiger partial charge on any atom is -0.504 e. The van der Waals surface area contributed by atoms with Crippen LogP contribution in [0.1, 0.15) is 11.1 Å². The van der Waals surface area contributed by atoms with Crippen molar-refractivity contribution in [3.8, 4) is 22.6 Å². The van der Waals surface area contributed by atoms with Gasteiger partial charge in [0.05, 0.1) is 0 Å². The van der Waals surface area contributed by atoms with Crippen LogP contribution in [0.15, 0.2) is 36.4 Å². The average Bonchev–Trinajstić information content (AvgIpc) is 2.23. The van der Waals surface area contributed by atoms with Crippen molar-refractivity contribution in [1.29, 1.82) is 0 Å². The van der Waals surface area contributed by atoms with Gasteiger partial charge in [-0.1, -0.05) is 29.8 Å². The molecule has 2 rings (SSSR count). The summed E-state index contributed by atoms with van der Waals surface area (Å²) >= 11 is 0. The lowest BCUT2D eigenvalue weighted by Gasteiger charge is -2.08. The van der Waals surface area contributed by atoms with E-state index < -0.39 is 0 Å². The second-order valence-electron chi connectivity index (χ2n) is 4.03. The summed E-state index contributed by atoms with van der Waals surface area (Å²) in [5.41, 5.74) is 4.11. The number of aryl methyl sites for hydroxylation is 2. The first-order valence-corrected chi connectivity index (χ1v) is 5.17. The maximum Gasteiger partial charge on any atom is 0.158 e. The zero-order valence-electron chi connectivity index (χ0n) is 9.36. The summed E-state index contributed by atoms with van der Waals surface area (Å²) in [6.45, 7) is 3.94. The first-order valence-electron chi connectivity index (χ1n) is 5.17. The van der Waals surface area contributed by atoms with E-state index in [1.54, 1.807) is 12.1 Å². The average molecular weight is 214 g/mol. The molecule has 0 aliphatic rings. The molecule has 0 aliphatic heterocycles. The molecular formula is C14H14O2. The van der Waals surface area contributed by atoms with Gasteiger partial charge in [-0.3, -0.25) is 0 Å². The smallest absolute Gasteiger partial charge is 0.158 e. The van der Waals surface area contributed by atoms with Gasteiger partial charge in [-0.05, 0) is 42.7 Å². The molecule has 0 amide bonds. The molecule has 2 aromatic carbocycles. The van der Waals surface area contributed by atoms with Crippen LogP contribution in [0, 0.1) is 13.8 Å². The summed E-state index contributed by atoms with van der Waals surface area (Å²) in [6, 6.07) is 11.2. The quantitative estimate of drug-likeness (QED) is 0.714. The fourth-order valence-corrected chi connectivity index (χ4v) is 1.80. The Bertz CT molecular complexity index is 530. The Morgan fingerprint density at radius 1 is 0.875 bits per heavy atom. The number of hydrogen-bond acceptors (Lipinski definition) is 2. The number of benzene rings is 2. The van der Waals surface area contributed by atoms with Crippen LogP contribution < -0.4 is 0 Å². The second-order valence-corrected chi connectivity index (χ2v) is 4.03. The standard InChI is InChI=1S/C14H14O2/c1-9-4-3-5-11(6-9)12-8-14(16)13(15)7-10(12)2/h3-8,15-16H,1-2H3. The van der Waals surface area contributed by atoms with Crippen LogP contribution in [0.2, 0.25) is 0 Å². The third-order valence-electron chi connectivity index (χ3n) is 2.65. The Balaban J connectivity index is 2.60. The molecule has 0 aromatic heterocycles. The van der Waals surface area contributed by atoms with Crippen LogP contribution in [0.25, 0.3) is 11.1 Å². The minimum absolute atomic E-state index is 0.0751. The van der Waals surface area contributed by atoms with E-state index in [0.29, 0.717) is 0 Å². The Morgan fingerprint density at radius 3 is 2.25 bits per heavy atom. The van der Waals surface area contributed by atoms with Crippen molar-refractivity contribution in [1.82, 2.24) is 0 Å². The van der Waals surface area contributed by atoms with Gasteiger partial charge >= 0.3 is 0 Å². The van der Waals surface area contributed by atoms with Crippen molar-refractivity contribution in [2.24, 2.45) is 0 Å². The van der Waals surface area contributed by atoms with Crippen molar-refractivity contribution < 1.29 is 10.2 Å². The van der Waals surface area contributed by atoms with Crippen molar-refractivity contribution in [3.05, 3.63) is 47.5 Å². The number of hydrogen-bond donors (Lipinski definition) is 2. The molecule has 2 aromatic rings. The van der Waals surface area contributed by atoms with Crippen LogP contribution in [-0.2, 0) is 0 Å². The van der Waals surface area contributed by atoms with Gasteiger partial charge < -0.3 is 10.2 Å².